The lowest BCUT2D eigenvalue weighted by atomic mass is 9.81. The van der Waals surface area contributed by atoms with Crippen molar-refractivity contribution in [1.29, 1.82) is 0 Å². The van der Waals surface area contributed by atoms with Crippen LogP contribution in [-0.2, 0) is 0 Å². The molecular formula is C26H28BrNO2. The van der Waals surface area contributed by atoms with Crippen molar-refractivity contribution in [3.8, 4) is 11.5 Å². The summed E-state index contributed by atoms with van der Waals surface area (Å²) in [7, 11) is 4.07. The highest BCUT2D eigenvalue weighted by Crippen LogP contribution is 2.39. The van der Waals surface area contributed by atoms with Crippen LogP contribution in [0.3, 0.4) is 0 Å². The third kappa shape index (κ3) is 5.74. The Kier molecular flexibility index (Phi) is 7.72. The van der Waals surface area contributed by atoms with Crippen LogP contribution >= 0.6 is 15.9 Å². The quantitative estimate of drug-likeness (QED) is 0.421. The number of rotatable bonds is 8. The minimum absolute atomic E-state index is 0.000833. The van der Waals surface area contributed by atoms with E-state index >= 15 is 0 Å². The second-order valence-electron chi connectivity index (χ2n) is 7.50. The Morgan fingerprint density at radius 3 is 2.30 bits per heavy atom. The van der Waals surface area contributed by atoms with Crippen LogP contribution in [0.2, 0.25) is 0 Å². The van der Waals surface area contributed by atoms with Crippen LogP contribution in [0.1, 0.15) is 29.5 Å². The fraction of sp³-hybridized carbons (Fsp3) is 0.231. The zero-order valence-electron chi connectivity index (χ0n) is 17.7. The van der Waals surface area contributed by atoms with Crippen molar-refractivity contribution in [2.75, 3.05) is 27.2 Å². The first-order valence-corrected chi connectivity index (χ1v) is 10.9. The van der Waals surface area contributed by atoms with Gasteiger partial charge in [0.15, 0.2) is 0 Å². The molecule has 30 heavy (non-hydrogen) atoms. The summed E-state index contributed by atoms with van der Waals surface area (Å²) in [5.41, 5.74) is 4.54. The fourth-order valence-corrected chi connectivity index (χ4v) is 3.77. The van der Waals surface area contributed by atoms with E-state index in [1.165, 1.54) is 5.57 Å². The largest absolute Gasteiger partial charge is 0.508 e. The Labute approximate surface area is 187 Å². The van der Waals surface area contributed by atoms with Crippen LogP contribution in [0.25, 0.3) is 5.57 Å². The molecule has 3 aromatic carbocycles. The predicted molar refractivity (Wildman–Crippen MR) is 128 cm³/mol. The molecule has 0 fully saturated rings. The van der Waals surface area contributed by atoms with Crippen LogP contribution < -0.4 is 4.74 Å². The molecule has 0 radical (unpaired) electrons. The first-order chi connectivity index (χ1) is 14.5. The summed E-state index contributed by atoms with van der Waals surface area (Å²) >= 11 is 3.52. The van der Waals surface area contributed by atoms with Gasteiger partial charge in [-0.05, 0) is 79.7 Å². The van der Waals surface area contributed by atoms with Gasteiger partial charge in [0.2, 0.25) is 0 Å². The van der Waals surface area contributed by atoms with Gasteiger partial charge in [0.05, 0.1) is 0 Å². The van der Waals surface area contributed by atoms with Crippen molar-refractivity contribution < 1.29 is 9.84 Å². The molecule has 1 atom stereocenters. The summed E-state index contributed by atoms with van der Waals surface area (Å²) in [5, 5.41) is 10.1. The molecule has 0 aliphatic carbocycles. The minimum Gasteiger partial charge on any atom is -0.508 e. The second-order valence-corrected chi connectivity index (χ2v) is 8.42. The Morgan fingerprint density at radius 2 is 1.70 bits per heavy atom. The molecule has 0 bridgehead atoms. The average molecular weight is 466 g/mol. The number of hydrogen-bond acceptors (Lipinski definition) is 3. The Hall–Kier alpha value is -2.56. The highest BCUT2D eigenvalue weighted by atomic mass is 79.9. The van der Waals surface area contributed by atoms with Gasteiger partial charge in [0.25, 0.3) is 0 Å². The Morgan fingerprint density at radius 1 is 1.00 bits per heavy atom. The number of ether oxygens (including phenoxy) is 1. The zero-order valence-corrected chi connectivity index (χ0v) is 19.3. The van der Waals surface area contributed by atoms with Gasteiger partial charge in [-0.2, -0.15) is 0 Å². The third-order valence-corrected chi connectivity index (χ3v) is 5.55. The molecule has 0 heterocycles. The van der Waals surface area contributed by atoms with Gasteiger partial charge in [-0.3, -0.25) is 0 Å². The van der Waals surface area contributed by atoms with Crippen molar-refractivity contribution in [1.82, 2.24) is 4.90 Å². The molecule has 0 saturated carbocycles. The molecule has 0 saturated heterocycles. The summed E-state index contributed by atoms with van der Waals surface area (Å²) in [6, 6.07) is 24.1. The first-order valence-electron chi connectivity index (χ1n) is 10.1. The lowest BCUT2D eigenvalue weighted by Crippen LogP contribution is -2.19. The second kappa shape index (κ2) is 10.5. The molecule has 0 aromatic heterocycles. The molecule has 3 nitrogen and oxygen atoms in total. The average Bonchev–Trinajstić information content (AvgIpc) is 2.73. The topological polar surface area (TPSA) is 32.7 Å². The van der Waals surface area contributed by atoms with Gasteiger partial charge >= 0.3 is 0 Å². The summed E-state index contributed by atoms with van der Waals surface area (Å²) in [6.45, 7) is 3.59. The van der Waals surface area contributed by atoms with Crippen molar-refractivity contribution in [2.45, 2.75) is 12.8 Å². The smallest absolute Gasteiger partial charge is 0.119 e. The number of hydrogen-bond donors (Lipinski definition) is 1. The standard InChI is InChI=1S/C26H28BrNO2/c1-4-25(19-8-12-22(27)13-9-19)26(21-6-5-7-23(29)18-21)20-10-14-24(15-11-20)30-17-16-28(2)3/h4-15,18,26,29H,16-17H2,1-3H3/b25-4+. The molecule has 0 spiro atoms. The highest BCUT2D eigenvalue weighted by Gasteiger charge is 2.20. The van der Waals surface area contributed by atoms with Crippen molar-refractivity contribution in [3.05, 3.63) is 100 Å². The van der Waals surface area contributed by atoms with Crippen molar-refractivity contribution >= 4 is 21.5 Å². The predicted octanol–water partition coefficient (Wildman–Crippen LogP) is 6.33. The molecule has 0 aliphatic heterocycles. The summed E-state index contributed by atoms with van der Waals surface area (Å²) in [4.78, 5) is 2.10. The molecule has 3 rings (SSSR count). The molecule has 3 aromatic rings. The maximum Gasteiger partial charge on any atom is 0.119 e. The van der Waals surface area contributed by atoms with E-state index in [9.17, 15) is 5.11 Å². The number of likely N-dealkylation sites (N-methyl/N-ethyl adjacent to an activating group) is 1. The Bertz CT molecular complexity index is 979. The lowest BCUT2D eigenvalue weighted by molar-refractivity contribution is 0.261. The normalized spacial score (nSPS) is 12.8. The fourth-order valence-electron chi connectivity index (χ4n) is 3.50. The number of phenolic OH excluding ortho intramolecular Hbond substituents is 1. The zero-order chi connectivity index (χ0) is 21.5. The Balaban J connectivity index is 1.96. The van der Waals surface area contributed by atoms with Crippen LogP contribution in [0, 0.1) is 0 Å². The van der Waals surface area contributed by atoms with Crippen LogP contribution in [0.5, 0.6) is 11.5 Å². The molecular weight excluding hydrogens is 438 g/mol. The number of aromatic hydroxyl groups is 1. The van der Waals surface area contributed by atoms with E-state index in [0.717, 1.165) is 33.5 Å². The number of halogens is 1. The summed E-state index contributed by atoms with van der Waals surface area (Å²) in [6.07, 6.45) is 2.15. The van der Waals surface area contributed by atoms with E-state index in [1.54, 1.807) is 6.07 Å². The molecule has 1 unspecified atom stereocenters. The third-order valence-electron chi connectivity index (χ3n) is 5.02. The van der Waals surface area contributed by atoms with Gasteiger partial charge in [-0.1, -0.05) is 58.4 Å². The monoisotopic (exact) mass is 465 g/mol. The SMILES string of the molecule is C/C=C(\c1ccc(Br)cc1)C(c1ccc(OCCN(C)C)cc1)c1cccc(O)c1. The highest BCUT2D eigenvalue weighted by molar-refractivity contribution is 9.10. The van der Waals surface area contributed by atoms with E-state index in [0.29, 0.717) is 6.61 Å². The molecule has 0 amide bonds. The van der Waals surface area contributed by atoms with E-state index < -0.39 is 0 Å². The number of nitrogens with zero attached hydrogens (tertiary/aromatic N) is 1. The summed E-state index contributed by atoms with van der Waals surface area (Å²) in [5.74, 6) is 1.13. The van der Waals surface area contributed by atoms with Crippen molar-refractivity contribution in [2.24, 2.45) is 0 Å². The summed E-state index contributed by atoms with van der Waals surface area (Å²) < 4.78 is 6.91. The van der Waals surface area contributed by atoms with Gasteiger partial charge < -0.3 is 14.7 Å². The molecule has 1 N–H and O–H groups in total. The number of phenols is 1. The molecule has 0 aliphatic rings. The van der Waals surface area contributed by atoms with Crippen LogP contribution in [-0.4, -0.2) is 37.3 Å². The van der Waals surface area contributed by atoms with E-state index in [1.807, 2.05) is 38.4 Å². The van der Waals surface area contributed by atoms with Crippen LogP contribution in [0.4, 0.5) is 0 Å². The number of allylic oxidation sites excluding steroid dienone is 2. The van der Waals surface area contributed by atoms with Gasteiger partial charge in [-0.25, -0.2) is 0 Å². The van der Waals surface area contributed by atoms with E-state index in [4.69, 9.17) is 4.74 Å². The van der Waals surface area contributed by atoms with Crippen molar-refractivity contribution in [3.63, 3.8) is 0 Å². The maximum absolute atomic E-state index is 10.1. The van der Waals surface area contributed by atoms with Gasteiger partial charge in [0, 0.05) is 16.9 Å². The molecule has 156 valence electrons. The number of benzene rings is 3. The van der Waals surface area contributed by atoms with E-state index in [-0.39, 0.29) is 11.7 Å². The lowest BCUT2D eigenvalue weighted by Gasteiger charge is -2.23. The van der Waals surface area contributed by atoms with E-state index in [2.05, 4.69) is 76.3 Å². The van der Waals surface area contributed by atoms with Gasteiger partial charge in [0.1, 0.15) is 18.1 Å². The molecule has 4 heteroatoms. The first kappa shape index (κ1) is 22.1. The van der Waals surface area contributed by atoms with Crippen LogP contribution in [0.15, 0.2) is 83.3 Å². The minimum atomic E-state index is -0.000833. The maximum atomic E-state index is 10.1. The van der Waals surface area contributed by atoms with Gasteiger partial charge in [-0.15, -0.1) is 0 Å².